The fraction of sp³-hybridized carbons (Fsp3) is 0.344. The van der Waals surface area contributed by atoms with Crippen molar-refractivity contribution in [2.24, 2.45) is 5.10 Å². The molecular formula is C32H34N6O. The van der Waals surface area contributed by atoms with E-state index in [1.54, 1.807) is 12.4 Å². The molecule has 0 bridgehead atoms. The Morgan fingerprint density at radius 3 is 2.77 bits per heavy atom. The summed E-state index contributed by atoms with van der Waals surface area (Å²) in [6, 6.07) is 8.24. The number of anilines is 1. The van der Waals surface area contributed by atoms with E-state index >= 15 is 0 Å². The zero-order chi connectivity index (χ0) is 26.8. The van der Waals surface area contributed by atoms with Gasteiger partial charge in [0.25, 0.3) is 5.91 Å². The molecule has 1 N–H and O–H groups in total. The number of piperazine rings is 1. The van der Waals surface area contributed by atoms with Crippen LogP contribution in [0.3, 0.4) is 0 Å². The summed E-state index contributed by atoms with van der Waals surface area (Å²) in [6.45, 7) is 7.32. The van der Waals surface area contributed by atoms with Crippen LogP contribution in [0.4, 0.5) is 5.69 Å². The van der Waals surface area contributed by atoms with Crippen LogP contribution in [-0.2, 0) is 6.54 Å². The summed E-state index contributed by atoms with van der Waals surface area (Å²) in [5.41, 5.74) is 7.47. The van der Waals surface area contributed by atoms with Crippen LogP contribution >= 0.6 is 0 Å². The van der Waals surface area contributed by atoms with Gasteiger partial charge < -0.3 is 10.2 Å². The Balaban J connectivity index is 1.16. The van der Waals surface area contributed by atoms with E-state index in [4.69, 9.17) is 0 Å². The van der Waals surface area contributed by atoms with Crippen molar-refractivity contribution in [3.05, 3.63) is 94.1 Å². The highest BCUT2D eigenvalue weighted by atomic mass is 16.1. The predicted molar refractivity (Wildman–Crippen MR) is 155 cm³/mol. The SMILES string of the molecule is Cc1ncc(C(=O)Nc2ccc(CN3CCN(C)CC3)c(C3CC3)c2)cc1C#CC1=CCC=C2C=CC=NN12. The molecule has 1 saturated heterocycles. The van der Waals surface area contributed by atoms with Crippen LogP contribution in [0, 0.1) is 18.8 Å². The fourth-order valence-electron chi connectivity index (χ4n) is 5.18. The van der Waals surface area contributed by atoms with Crippen LogP contribution in [0.25, 0.3) is 0 Å². The number of carbonyl (C=O) groups is 1. The highest BCUT2D eigenvalue weighted by Gasteiger charge is 2.27. The lowest BCUT2D eigenvalue weighted by atomic mass is 10.0. The molecule has 1 aliphatic carbocycles. The number of likely N-dealkylation sites (N-methyl/N-ethyl adjacent to an activating group) is 1. The minimum atomic E-state index is -0.174. The number of nitrogens with zero attached hydrogens (tertiary/aromatic N) is 5. The molecule has 0 unspecified atom stereocenters. The largest absolute Gasteiger partial charge is 0.322 e. The van der Waals surface area contributed by atoms with Crippen molar-refractivity contribution in [3.8, 4) is 11.8 Å². The molecule has 0 atom stereocenters. The molecule has 2 fully saturated rings. The first-order valence-corrected chi connectivity index (χ1v) is 13.8. The monoisotopic (exact) mass is 518 g/mol. The molecule has 7 heteroatoms. The van der Waals surface area contributed by atoms with Crippen molar-refractivity contribution >= 4 is 17.8 Å². The third kappa shape index (κ3) is 5.88. The van der Waals surface area contributed by atoms with E-state index in [1.807, 2.05) is 36.2 Å². The van der Waals surface area contributed by atoms with Crippen molar-refractivity contribution in [2.75, 3.05) is 38.5 Å². The van der Waals surface area contributed by atoms with Gasteiger partial charge in [0.15, 0.2) is 0 Å². The summed E-state index contributed by atoms with van der Waals surface area (Å²) in [5.74, 6) is 6.89. The molecule has 4 aliphatic rings. The van der Waals surface area contributed by atoms with Crippen LogP contribution in [0.2, 0.25) is 0 Å². The second-order valence-corrected chi connectivity index (χ2v) is 10.7. The van der Waals surface area contributed by atoms with Crippen LogP contribution in [0.15, 0.2) is 71.3 Å². The van der Waals surface area contributed by atoms with Gasteiger partial charge in [-0.2, -0.15) is 5.10 Å². The molecule has 2 aromatic rings. The molecule has 0 radical (unpaired) electrons. The minimum absolute atomic E-state index is 0.174. The molecule has 1 aromatic carbocycles. The molecule has 3 aliphatic heterocycles. The van der Waals surface area contributed by atoms with Crippen molar-refractivity contribution in [1.82, 2.24) is 19.8 Å². The second kappa shape index (κ2) is 11.0. The zero-order valence-electron chi connectivity index (χ0n) is 22.7. The lowest BCUT2D eigenvalue weighted by Crippen LogP contribution is -2.44. The Morgan fingerprint density at radius 1 is 1.10 bits per heavy atom. The van der Waals surface area contributed by atoms with Crippen molar-refractivity contribution in [1.29, 1.82) is 0 Å². The average Bonchev–Trinajstić information content (AvgIpc) is 3.80. The Morgan fingerprint density at radius 2 is 1.95 bits per heavy atom. The zero-order valence-corrected chi connectivity index (χ0v) is 22.7. The van der Waals surface area contributed by atoms with E-state index < -0.39 is 0 Å². The number of benzene rings is 1. The molecule has 1 saturated carbocycles. The first kappa shape index (κ1) is 25.3. The van der Waals surface area contributed by atoms with E-state index in [-0.39, 0.29) is 5.91 Å². The van der Waals surface area contributed by atoms with Gasteiger partial charge in [0.1, 0.15) is 5.70 Å². The molecule has 1 amide bonds. The van der Waals surface area contributed by atoms with Gasteiger partial charge in [0.2, 0.25) is 0 Å². The highest BCUT2D eigenvalue weighted by molar-refractivity contribution is 6.04. The number of hydrazone groups is 1. The number of rotatable bonds is 5. The molecule has 6 rings (SSSR count). The van der Waals surface area contributed by atoms with E-state index in [0.29, 0.717) is 11.5 Å². The Labute approximate surface area is 230 Å². The van der Waals surface area contributed by atoms with Gasteiger partial charge in [-0.25, -0.2) is 5.01 Å². The highest BCUT2D eigenvalue weighted by Crippen LogP contribution is 2.43. The van der Waals surface area contributed by atoms with Gasteiger partial charge >= 0.3 is 0 Å². The van der Waals surface area contributed by atoms with E-state index in [2.05, 4.69) is 68.4 Å². The summed E-state index contributed by atoms with van der Waals surface area (Å²) >= 11 is 0. The molecule has 1 aromatic heterocycles. The smallest absolute Gasteiger partial charge is 0.257 e. The standard InChI is InChI=1S/C32H34N6O/c1-23-25(11-13-30-6-3-5-29-7-4-14-34-38(29)30)19-27(21-33-23)32(39)35-28-12-10-26(31(20-28)24-8-9-24)22-37-17-15-36(2)16-18-37/h4-7,10,12,14,19-21,24H,3,8-9,15-18,22H2,1-2H3,(H,35,39). The number of nitrogens with one attached hydrogen (secondary N) is 1. The van der Waals surface area contributed by atoms with E-state index in [9.17, 15) is 4.79 Å². The van der Waals surface area contributed by atoms with Gasteiger partial charge in [-0.05, 0) is 92.6 Å². The van der Waals surface area contributed by atoms with E-state index in [1.165, 1.54) is 24.0 Å². The van der Waals surface area contributed by atoms with Gasteiger partial charge in [-0.1, -0.05) is 18.1 Å². The van der Waals surface area contributed by atoms with Crippen molar-refractivity contribution < 1.29 is 4.79 Å². The van der Waals surface area contributed by atoms with Crippen molar-refractivity contribution in [3.63, 3.8) is 0 Å². The number of carbonyl (C=O) groups excluding carboxylic acids is 1. The molecular weight excluding hydrogens is 484 g/mol. The summed E-state index contributed by atoms with van der Waals surface area (Å²) < 4.78 is 0. The number of hydrogen-bond acceptors (Lipinski definition) is 6. The maximum absolute atomic E-state index is 13.2. The topological polar surface area (TPSA) is 64.1 Å². The fourth-order valence-corrected chi connectivity index (χ4v) is 5.18. The maximum Gasteiger partial charge on any atom is 0.257 e. The number of pyridine rings is 1. The second-order valence-electron chi connectivity index (χ2n) is 10.7. The third-order valence-corrected chi connectivity index (χ3v) is 7.73. The number of aryl methyl sites for hydroxylation is 1. The average molecular weight is 519 g/mol. The van der Waals surface area contributed by atoms with Crippen LogP contribution in [0.5, 0.6) is 0 Å². The van der Waals surface area contributed by atoms with Crippen LogP contribution < -0.4 is 5.32 Å². The lowest BCUT2D eigenvalue weighted by molar-refractivity contribution is 0.102. The summed E-state index contributed by atoms with van der Waals surface area (Å²) in [6.07, 6.45) is 14.8. The van der Waals surface area contributed by atoms with Gasteiger partial charge in [0, 0.05) is 56.4 Å². The van der Waals surface area contributed by atoms with Gasteiger partial charge in [0.05, 0.1) is 17.0 Å². The Bertz CT molecular complexity index is 1460. The van der Waals surface area contributed by atoms with Gasteiger partial charge in [-0.15, -0.1) is 0 Å². The molecule has 39 heavy (non-hydrogen) atoms. The third-order valence-electron chi connectivity index (χ3n) is 7.73. The normalized spacial score (nSPS) is 19.1. The minimum Gasteiger partial charge on any atom is -0.322 e. The predicted octanol–water partition coefficient (Wildman–Crippen LogP) is 4.65. The molecule has 198 valence electrons. The van der Waals surface area contributed by atoms with Crippen LogP contribution in [0.1, 0.15) is 57.9 Å². The first-order chi connectivity index (χ1) is 19.0. The quantitative estimate of drug-likeness (QED) is 0.584. The number of amides is 1. The first-order valence-electron chi connectivity index (χ1n) is 13.8. The summed E-state index contributed by atoms with van der Waals surface area (Å²) in [7, 11) is 2.19. The van der Waals surface area contributed by atoms with E-state index in [0.717, 1.165) is 67.5 Å². The number of allylic oxidation sites excluding steroid dienone is 5. The van der Waals surface area contributed by atoms with Gasteiger partial charge in [-0.3, -0.25) is 14.7 Å². The van der Waals surface area contributed by atoms with Crippen molar-refractivity contribution in [2.45, 2.75) is 38.6 Å². The number of aromatic nitrogens is 1. The number of fused-ring (bicyclic) bond motifs is 1. The van der Waals surface area contributed by atoms with Crippen LogP contribution in [-0.4, -0.2) is 65.1 Å². The molecule has 0 spiro atoms. The molecule has 4 heterocycles. The number of hydrogen-bond donors (Lipinski definition) is 1. The molecule has 7 nitrogen and oxygen atoms in total. The Hall–Kier alpha value is -3.99. The summed E-state index contributed by atoms with van der Waals surface area (Å²) in [4.78, 5) is 22.6. The summed E-state index contributed by atoms with van der Waals surface area (Å²) in [5, 5.41) is 9.36. The lowest BCUT2D eigenvalue weighted by Gasteiger charge is -2.32. The maximum atomic E-state index is 13.2. The Kier molecular flexibility index (Phi) is 7.14.